The predicted octanol–water partition coefficient (Wildman–Crippen LogP) is 0.757. The number of nitrogens with zero attached hydrogens (tertiary/aromatic N) is 3. The molecule has 2 aromatic heterocycles. The van der Waals surface area contributed by atoms with E-state index in [0.29, 0.717) is 6.54 Å². The van der Waals surface area contributed by atoms with Crippen LogP contribution in [0.15, 0.2) is 58.6 Å². The zero-order valence-corrected chi connectivity index (χ0v) is 14.7. The lowest BCUT2D eigenvalue weighted by Gasteiger charge is -2.10. The van der Waals surface area contributed by atoms with Crippen LogP contribution in [0.2, 0.25) is 0 Å². The summed E-state index contributed by atoms with van der Waals surface area (Å²) >= 11 is 0. The molecule has 0 spiro atoms. The third-order valence-electron chi connectivity index (χ3n) is 3.70. The van der Waals surface area contributed by atoms with E-state index in [1.54, 1.807) is 11.0 Å². The molecular weight excluding hydrogens is 358 g/mol. The number of hydrogen-bond acceptors (Lipinski definition) is 6. The second-order valence-electron chi connectivity index (χ2n) is 5.37. The van der Waals surface area contributed by atoms with E-state index in [-0.39, 0.29) is 17.4 Å². The van der Waals surface area contributed by atoms with Crippen LogP contribution in [-0.4, -0.2) is 36.1 Å². The lowest BCUT2D eigenvalue weighted by Crippen LogP contribution is -2.23. The maximum atomic E-state index is 12.2. The van der Waals surface area contributed by atoms with E-state index < -0.39 is 15.9 Å². The summed E-state index contributed by atoms with van der Waals surface area (Å²) in [7, 11) is -2.46. The maximum Gasteiger partial charge on any atom is 0.287 e. The van der Waals surface area contributed by atoms with Crippen LogP contribution in [0.25, 0.3) is 0 Å². The SMILES string of the molecule is CNS(=O)(=O)c1ccc(C(=O)NCc2ccccc2Cn2cncn2)o1. The van der Waals surface area contributed by atoms with Crippen molar-refractivity contribution in [1.29, 1.82) is 0 Å². The Morgan fingerprint density at radius 1 is 1.19 bits per heavy atom. The predicted molar refractivity (Wildman–Crippen MR) is 91.7 cm³/mol. The van der Waals surface area contributed by atoms with Crippen molar-refractivity contribution in [3.05, 3.63) is 65.9 Å². The Bertz CT molecular complexity index is 995. The van der Waals surface area contributed by atoms with Gasteiger partial charge in [-0.05, 0) is 30.3 Å². The average Bonchev–Trinajstić information content (AvgIpc) is 3.33. The lowest BCUT2D eigenvalue weighted by atomic mass is 10.1. The van der Waals surface area contributed by atoms with E-state index in [4.69, 9.17) is 4.42 Å². The number of rotatable bonds is 7. The highest BCUT2D eigenvalue weighted by molar-refractivity contribution is 7.89. The number of benzene rings is 1. The topological polar surface area (TPSA) is 119 Å². The minimum Gasteiger partial charge on any atom is -0.438 e. The van der Waals surface area contributed by atoms with Gasteiger partial charge in [0.05, 0.1) is 6.54 Å². The normalized spacial score (nSPS) is 11.4. The third kappa shape index (κ3) is 3.98. The lowest BCUT2D eigenvalue weighted by molar-refractivity contribution is 0.0917. The fourth-order valence-corrected chi connectivity index (χ4v) is 2.97. The molecule has 9 nitrogen and oxygen atoms in total. The second kappa shape index (κ2) is 7.50. The first kappa shape index (κ1) is 17.8. The van der Waals surface area contributed by atoms with Gasteiger partial charge in [0, 0.05) is 6.54 Å². The Labute approximate surface area is 150 Å². The molecule has 1 aromatic carbocycles. The van der Waals surface area contributed by atoms with E-state index in [2.05, 4.69) is 20.1 Å². The number of carbonyl (C=O) groups is 1. The van der Waals surface area contributed by atoms with Crippen LogP contribution in [0.1, 0.15) is 21.7 Å². The molecule has 0 unspecified atom stereocenters. The summed E-state index contributed by atoms with van der Waals surface area (Å²) in [5.74, 6) is -0.578. The van der Waals surface area contributed by atoms with Gasteiger partial charge in [-0.15, -0.1) is 0 Å². The summed E-state index contributed by atoms with van der Waals surface area (Å²) in [6, 6.07) is 10.2. The first-order chi connectivity index (χ1) is 12.5. The minimum absolute atomic E-state index is 0.0763. The fraction of sp³-hybridized carbons (Fsp3) is 0.188. The number of sulfonamides is 1. The zero-order valence-electron chi connectivity index (χ0n) is 13.9. The van der Waals surface area contributed by atoms with Gasteiger partial charge in [0.1, 0.15) is 12.7 Å². The number of nitrogens with one attached hydrogen (secondary N) is 2. The van der Waals surface area contributed by atoms with E-state index in [0.717, 1.165) is 11.1 Å². The summed E-state index contributed by atoms with van der Waals surface area (Å²) in [6.07, 6.45) is 3.07. The highest BCUT2D eigenvalue weighted by Gasteiger charge is 2.19. The Morgan fingerprint density at radius 3 is 2.65 bits per heavy atom. The monoisotopic (exact) mass is 375 g/mol. The maximum absolute atomic E-state index is 12.2. The number of furan rings is 1. The van der Waals surface area contributed by atoms with Crippen molar-refractivity contribution in [3.63, 3.8) is 0 Å². The standard InChI is InChI=1S/C16H17N5O4S/c1-17-26(23,24)15-7-6-14(25-15)16(22)19-8-12-4-2-3-5-13(12)9-21-11-18-10-20-21/h2-7,10-11,17H,8-9H2,1H3,(H,19,22). The number of amides is 1. The third-order valence-corrected chi connectivity index (χ3v) is 4.98. The molecule has 2 N–H and O–H groups in total. The first-order valence-corrected chi connectivity index (χ1v) is 9.18. The molecular formula is C16H17N5O4S. The molecule has 10 heteroatoms. The van der Waals surface area contributed by atoms with E-state index in [9.17, 15) is 13.2 Å². The van der Waals surface area contributed by atoms with Crippen molar-refractivity contribution in [3.8, 4) is 0 Å². The van der Waals surface area contributed by atoms with Crippen LogP contribution in [-0.2, 0) is 23.1 Å². The van der Waals surface area contributed by atoms with Gasteiger partial charge in [-0.3, -0.25) is 4.79 Å². The van der Waals surface area contributed by atoms with E-state index in [1.807, 2.05) is 24.3 Å². The molecule has 26 heavy (non-hydrogen) atoms. The second-order valence-corrected chi connectivity index (χ2v) is 7.19. The summed E-state index contributed by atoms with van der Waals surface area (Å²) in [5.41, 5.74) is 1.89. The van der Waals surface area contributed by atoms with Crippen molar-refractivity contribution in [2.75, 3.05) is 7.05 Å². The molecule has 2 heterocycles. The van der Waals surface area contributed by atoms with Crippen molar-refractivity contribution in [2.24, 2.45) is 0 Å². The van der Waals surface area contributed by atoms with Crippen molar-refractivity contribution in [2.45, 2.75) is 18.2 Å². The molecule has 3 rings (SSSR count). The van der Waals surface area contributed by atoms with Crippen LogP contribution in [0.4, 0.5) is 0 Å². The Kier molecular flexibility index (Phi) is 5.14. The smallest absolute Gasteiger partial charge is 0.287 e. The van der Waals surface area contributed by atoms with Gasteiger partial charge < -0.3 is 9.73 Å². The van der Waals surface area contributed by atoms with Crippen LogP contribution in [0.3, 0.4) is 0 Å². The van der Waals surface area contributed by atoms with Crippen molar-refractivity contribution in [1.82, 2.24) is 24.8 Å². The van der Waals surface area contributed by atoms with E-state index >= 15 is 0 Å². The molecule has 0 saturated carbocycles. The molecule has 0 aliphatic heterocycles. The Hall–Kier alpha value is -2.98. The number of aromatic nitrogens is 3. The van der Waals surface area contributed by atoms with Crippen LogP contribution in [0.5, 0.6) is 0 Å². The summed E-state index contributed by atoms with van der Waals surface area (Å²) < 4.78 is 32.3. The zero-order chi connectivity index (χ0) is 18.6. The van der Waals surface area contributed by atoms with Crippen LogP contribution in [0, 0.1) is 0 Å². The van der Waals surface area contributed by atoms with Gasteiger partial charge >= 0.3 is 0 Å². The van der Waals surface area contributed by atoms with Gasteiger partial charge in [0.25, 0.3) is 15.9 Å². The minimum atomic E-state index is -3.73. The van der Waals surface area contributed by atoms with Gasteiger partial charge in [-0.1, -0.05) is 24.3 Å². The molecule has 0 fully saturated rings. The van der Waals surface area contributed by atoms with Gasteiger partial charge in [-0.2, -0.15) is 5.10 Å². The van der Waals surface area contributed by atoms with Gasteiger partial charge in [-0.25, -0.2) is 22.8 Å². The summed E-state index contributed by atoms with van der Waals surface area (Å²) in [4.78, 5) is 16.1. The molecule has 0 aliphatic rings. The highest BCUT2D eigenvalue weighted by atomic mass is 32.2. The summed E-state index contributed by atoms with van der Waals surface area (Å²) in [5, 5.41) is 6.49. The van der Waals surface area contributed by atoms with Gasteiger partial charge in [0.15, 0.2) is 5.76 Å². The highest BCUT2D eigenvalue weighted by Crippen LogP contribution is 2.14. The molecule has 0 radical (unpaired) electrons. The van der Waals surface area contributed by atoms with Crippen LogP contribution >= 0.6 is 0 Å². The first-order valence-electron chi connectivity index (χ1n) is 7.70. The molecule has 3 aromatic rings. The Morgan fingerprint density at radius 2 is 1.96 bits per heavy atom. The molecule has 1 amide bonds. The molecule has 0 saturated heterocycles. The largest absolute Gasteiger partial charge is 0.438 e. The van der Waals surface area contributed by atoms with Gasteiger partial charge in [0.2, 0.25) is 5.09 Å². The molecule has 0 atom stereocenters. The molecule has 0 aliphatic carbocycles. The molecule has 0 bridgehead atoms. The van der Waals surface area contributed by atoms with Crippen LogP contribution < -0.4 is 10.0 Å². The van der Waals surface area contributed by atoms with Crippen molar-refractivity contribution < 1.29 is 17.6 Å². The quantitative estimate of drug-likeness (QED) is 0.629. The molecule has 136 valence electrons. The summed E-state index contributed by atoms with van der Waals surface area (Å²) in [6.45, 7) is 0.788. The number of hydrogen-bond donors (Lipinski definition) is 2. The average molecular weight is 375 g/mol. The Balaban J connectivity index is 1.69. The number of carbonyl (C=O) groups excluding carboxylic acids is 1. The van der Waals surface area contributed by atoms with E-state index in [1.165, 1.54) is 25.5 Å². The fourth-order valence-electron chi connectivity index (χ4n) is 2.32. The van der Waals surface area contributed by atoms with Crippen molar-refractivity contribution >= 4 is 15.9 Å².